The van der Waals surface area contributed by atoms with Crippen LogP contribution in [-0.2, 0) is 4.79 Å². The normalized spacial score (nSPS) is 10.8. The van der Waals surface area contributed by atoms with E-state index in [0.29, 0.717) is 44.1 Å². The molecule has 0 spiro atoms. The molecule has 0 atom stereocenters. The zero-order chi connectivity index (χ0) is 24.2. The molecule has 2 aromatic carbocycles. The molecule has 0 aliphatic carbocycles. The van der Waals surface area contributed by atoms with Crippen molar-refractivity contribution in [2.24, 2.45) is 0 Å². The van der Waals surface area contributed by atoms with Crippen LogP contribution in [0.15, 0.2) is 64.7 Å². The summed E-state index contributed by atoms with van der Waals surface area (Å²) in [7, 11) is 2.98. The number of hydrogen-bond donors (Lipinski definition) is 1. The van der Waals surface area contributed by atoms with Gasteiger partial charge in [-0.1, -0.05) is 35.5 Å². The van der Waals surface area contributed by atoms with Crippen molar-refractivity contribution in [3.8, 4) is 17.3 Å². The first-order valence-corrected chi connectivity index (χ1v) is 11.6. The summed E-state index contributed by atoms with van der Waals surface area (Å²) >= 11 is 7.33. The first-order valence-electron chi connectivity index (χ1n) is 10.2. The number of para-hydroxylation sites is 1. The first kappa shape index (κ1) is 23.6. The molecule has 174 valence electrons. The largest absolute Gasteiger partial charge is 0.495 e. The minimum atomic E-state index is -0.323. The molecule has 1 amide bonds. The molecule has 0 fully saturated rings. The lowest BCUT2D eigenvalue weighted by Gasteiger charge is -2.14. The number of anilines is 1. The Kier molecular flexibility index (Phi) is 7.04. The van der Waals surface area contributed by atoms with Gasteiger partial charge in [-0.2, -0.15) is 0 Å². The summed E-state index contributed by atoms with van der Waals surface area (Å²) in [5.74, 6) is 0.944. The Hall–Kier alpha value is -3.56. The Morgan fingerprint density at radius 2 is 1.88 bits per heavy atom. The highest BCUT2D eigenvalue weighted by Crippen LogP contribution is 2.36. The third kappa shape index (κ3) is 4.85. The lowest BCUT2D eigenvalue weighted by Crippen LogP contribution is -2.23. The Balaban J connectivity index is 1.65. The van der Waals surface area contributed by atoms with Crippen molar-refractivity contribution >= 4 is 45.9 Å². The average molecular weight is 497 g/mol. The maximum atomic E-state index is 13.3. The lowest BCUT2D eigenvalue weighted by molar-refractivity contribution is -0.113. The van der Waals surface area contributed by atoms with Gasteiger partial charge in [-0.05, 0) is 42.8 Å². The Labute approximate surface area is 204 Å². The second kappa shape index (κ2) is 10.1. The number of pyridine rings is 1. The molecule has 0 saturated heterocycles. The molecule has 2 aromatic heterocycles. The van der Waals surface area contributed by atoms with Gasteiger partial charge in [0.1, 0.15) is 17.3 Å². The molecule has 0 radical (unpaired) electrons. The van der Waals surface area contributed by atoms with Crippen LogP contribution in [0.2, 0.25) is 5.02 Å². The van der Waals surface area contributed by atoms with Crippen LogP contribution in [0, 0.1) is 6.92 Å². The SMILES string of the molecule is COc1cc(OC)c(NC(=O)CSc2nc3ccccc3c(=O)n2-c2cc(C)ccn2)cc1Cl. The van der Waals surface area contributed by atoms with E-state index in [-0.39, 0.29) is 17.2 Å². The van der Waals surface area contributed by atoms with E-state index in [4.69, 9.17) is 21.1 Å². The van der Waals surface area contributed by atoms with Crippen molar-refractivity contribution in [2.75, 3.05) is 25.3 Å². The molecule has 8 nitrogen and oxygen atoms in total. The number of aromatic nitrogens is 3. The van der Waals surface area contributed by atoms with E-state index in [9.17, 15) is 9.59 Å². The second-order valence-electron chi connectivity index (χ2n) is 7.27. The molecule has 0 unspecified atom stereocenters. The maximum absolute atomic E-state index is 13.3. The topological polar surface area (TPSA) is 95.3 Å². The number of aryl methyl sites for hydroxylation is 1. The van der Waals surface area contributed by atoms with Crippen LogP contribution in [0.5, 0.6) is 11.5 Å². The summed E-state index contributed by atoms with van der Waals surface area (Å²) in [5, 5.41) is 3.95. The van der Waals surface area contributed by atoms with E-state index >= 15 is 0 Å². The van der Waals surface area contributed by atoms with E-state index < -0.39 is 0 Å². The summed E-state index contributed by atoms with van der Waals surface area (Å²) < 4.78 is 11.9. The summed E-state index contributed by atoms with van der Waals surface area (Å²) in [6, 6.07) is 13.9. The van der Waals surface area contributed by atoms with Crippen LogP contribution in [0.3, 0.4) is 0 Å². The molecule has 0 bridgehead atoms. The van der Waals surface area contributed by atoms with Gasteiger partial charge in [0.2, 0.25) is 5.91 Å². The molecular weight excluding hydrogens is 476 g/mol. The van der Waals surface area contributed by atoms with Gasteiger partial charge < -0.3 is 14.8 Å². The molecule has 0 aliphatic heterocycles. The predicted molar refractivity (Wildman–Crippen MR) is 134 cm³/mol. The van der Waals surface area contributed by atoms with Crippen molar-refractivity contribution < 1.29 is 14.3 Å². The number of rotatable bonds is 7. The van der Waals surface area contributed by atoms with Crippen LogP contribution in [0.1, 0.15) is 5.56 Å². The zero-order valence-corrected chi connectivity index (χ0v) is 20.2. The molecule has 10 heteroatoms. The minimum absolute atomic E-state index is 0.0105. The van der Waals surface area contributed by atoms with Crippen molar-refractivity contribution in [3.05, 3.63) is 75.7 Å². The third-order valence-electron chi connectivity index (χ3n) is 4.96. The van der Waals surface area contributed by atoms with E-state index in [1.807, 2.05) is 19.1 Å². The molecule has 2 heterocycles. The summed E-state index contributed by atoms with van der Waals surface area (Å²) in [6.07, 6.45) is 1.63. The number of carbonyl (C=O) groups excluding carboxylic acids is 1. The number of hydrogen-bond acceptors (Lipinski definition) is 7. The first-order chi connectivity index (χ1) is 16.4. The number of ether oxygens (including phenoxy) is 2. The number of halogens is 1. The Morgan fingerprint density at radius 3 is 2.62 bits per heavy atom. The van der Waals surface area contributed by atoms with Crippen LogP contribution in [0.4, 0.5) is 5.69 Å². The van der Waals surface area contributed by atoms with Crippen molar-refractivity contribution in [2.45, 2.75) is 12.1 Å². The fraction of sp³-hybridized carbons (Fsp3) is 0.167. The Bertz CT molecular complexity index is 1440. The Morgan fingerprint density at radius 1 is 1.12 bits per heavy atom. The molecule has 0 saturated carbocycles. The maximum Gasteiger partial charge on any atom is 0.267 e. The van der Waals surface area contributed by atoms with Crippen LogP contribution in [0.25, 0.3) is 16.7 Å². The van der Waals surface area contributed by atoms with Gasteiger partial charge in [-0.15, -0.1) is 0 Å². The highest BCUT2D eigenvalue weighted by molar-refractivity contribution is 7.99. The average Bonchev–Trinajstić information content (AvgIpc) is 2.83. The molecule has 34 heavy (non-hydrogen) atoms. The number of benzene rings is 2. The lowest BCUT2D eigenvalue weighted by atomic mass is 10.2. The quantitative estimate of drug-likeness (QED) is 0.297. The van der Waals surface area contributed by atoms with Gasteiger partial charge in [-0.25, -0.2) is 14.5 Å². The monoisotopic (exact) mass is 496 g/mol. The van der Waals surface area contributed by atoms with Crippen LogP contribution in [-0.4, -0.2) is 40.4 Å². The second-order valence-corrected chi connectivity index (χ2v) is 8.62. The molecule has 4 rings (SSSR count). The van der Waals surface area contributed by atoms with Gasteiger partial charge in [0.25, 0.3) is 5.56 Å². The highest BCUT2D eigenvalue weighted by Gasteiger charge is 2.17. The number of methoxy groups -OCH3 is 2. The van der Waals surface area contributed by atoms with Gasteiger partial charge in [0.05, 0.1) is 41.6 Å². The number of fused-ring (bicyclic) bond motifs is 1. The van der Waals surface area contributed by atoms with Crippen molar-refractivity contribution in [3.63, 3.8) is 0 Å². The minimum Gasteiger partial charge on any atom is -0.495 e. The van der Waals surface area contributed by atoms with Crippen LogP contribution < -0.4 is 20.3 Å². The molecule has 4 aromatic rings. The standard InChI is InChI=1S/C24H21ClN4O4S/c1-14-8-9-26-21(10-14)29-23(31)15-6-4-5-7-17(15)28-24(29)34-13-22(30)27-18-11-16(25)19(32-2)12-20(18)33-3/h4-12H,13H2,1-3H3,(H,27,30). The third-order valence-corrected chi connectivity index (χ3v) is 6.19. The number of carbonyl (C=O) groups is 1. The number of amides is 1. The van der Waals surface area contributed by atoms with Gasteiger partial charge in [0.15, 0.2) is 5.16 Å². The van der Waals surface area contributed by atoms with Crippen molar-refractivity contribution in [1.82, 2.24) is 14.5 Å². The molecule has 1 N–H and O–H groups in total. The van der Waals surface area contributed by atoms with Crippen LogP contribution >= 0.6 is 23.4 Å². The van der Waals surface area contributed by atoms with E-state index in [0.717, 1.165) is 17.3 Å². The summed E-state index contributed by atoms with van der Waals surface area (Å²) in [6.45, 7) is 1.92. The highest BCUT2D eigenvalue weighted by atomic mass is 35.5. The van der Waals surface area contributed by atoms with Gasteiger partial charge in [0, 0.05) is 12.3 Å². The van der Waals surface area contributed by atoms with E-state index in [2.05, 4.69) is 15.3 Å². The predicted octanol–water partition coefficient (Wildman–Crippen LogP) is 4.49. The number of nitrogens with zero attached hydrogens (tertiary/aromatic N) is 3. The molecular formula is C24H21ClN4O4S. The van der Waals surface area contributed by atoms with E-state index in [1.54, 1.807) is 42.6 Å². The fourth-order valence-corrected chi connectivity index (χ4v) is 4.37. The number of thioether (sulfide) groups is 1. The zero-order valence-electron chi connectivity index (χ0n) is 18.7. The van der Waals surface area contributed by atoms with Crippen molar-refractivity contribution in [1.29, 1.82) is 0 Å². The van der Waals surface area contributed by atoms with Gasteiger partial charge >= 0.3 is 0 Å². The summed E-state index contributed by atoms with van der Waals surface area (Å²) in [5.41, 5.74) is 1.64. The fourth-order valence-electron chi connectivity index (χ4n) is 3.33. The smallest absolute Gasteiger partial charge is 0.267 e. The molecule has 0 aliphatic rings. The van der Waals surface area contributed by atoms with E-state index in [1.165, 1.54) is 18.8 Å². The van der Waals surface area contributed by atoms with Gasteiger partial charge in [-0.3, -0.25) is 9.59 Å². The number of nitrogens with one attached hydrogen (secondary N) is 1. The summed E-state index contributed by atoms with van der Waals surface area (Å²) in [4.78, 5) is 35.1.